The van der Waals surface area contributed by atoms with E-state index in [4.69, 9.17) is 23.2 Å². The summed E-state index contributed by atoms with van der Waals surface area (Å²) in [6.07, 6.45) is 5.52. The fraction of sp³-hybridized carbons (Fsp3) is 0.296. The molecule has 0 saturated carbocycles. The van der Waals surface area contributed by atoms with Crippen molar-refractivity contribution in [2.75, 3.05) is 30.3 Å². The van der Waals surface area contributed by atoms with Gasteiger partial charge in [-0.3, -0.25) is 4.79 Å². The largest absolute Gasteiger partial charge is 0.376 e. The smallest absolute Gasteiger partial charge is 0.269 e. The number of fused-ring (bicyclic) bond motifs is 1. The van der Waals surface area contributed by atoms with E-state index < -0.39 is 10.0 Å². The van der Waals surface area contributed by atoms with Crippen molar-refractivity contribution < 1.29 is 13.2 Å². The number of hydrogen-bond donors (Lipinski definition) is 2. The maximum Gasteiger partial charge on any atom is 0.269 e. The van der Waals surface area contributed by atoms with Crippen LogP contribution in [0.3, 0.4) is 0 Å². The molecule has 0 unspecified atom stereocenters. The molecule has 1 amide bonds. The average Bonchev–Trinajstić information content (AvgIpc) is 3.21. The second-order valence-corrected chi connectivity index (χ2v) is 12.3. The van der Waals surface area contributed by atoms with E-state index in [0.717, 1.165) is 24.8 Å². The number of rotatable bonds is 7. The van der Waals surface area contributed by atoms with Gasteiger partial charge in [-0.15, -0.1) is 0 Å². The second-order valence-electron chi connectivity index (χ2n) is 9.58. The van der Waals surface area contributed by atoms with Crippen LogP contribution < -0.4 is 10.6 Å². The molecular formula is C27H28Cl2N6O3S. The number of benzene rings is 2. The molecule has 1 aliphatic heterocycles. The first-order valence-corrected chi connectivity index (χ1v) is 14.8. The highest BCUT2D eigenvalue weighted by molar-refractivity contribution is 7.90. The van der Waals surface area contributed by atoms with Gasteiger partial charge < -0.3 is 15.5 Å². The lowest BCUT2D eigenvalue weighted by molar-refractivity contribution is -0.129. The number of nitrogens with one attached hydrogen (secondary N) is 2. The van der Waals surface area contributed by atoms with Gasteiger partial charge in [0.25, 0.3) is 10.0 Å². The van der Waals surface area contributed by atoms with Crippen LogP contribution in [-0.4, -0.2) is 58.8 Å². The molecule has 5 rings (SSSR count). The van der Waals surface area contributed by atoms with Gasteiger partial charge in [0, 0.05) is 41.1 Å². The Morgan fingerprint density at radius 2 is 1.79 bits per heavy atom. The van der Waals surface area contributed by atoms with Crippen molar-refractivity contribution in [1.82, 2.24) is 18.8 Å². The molecule has 9 nitrogen and oxygen atoms in total. The van der Waals surface area contributed by atoms with E-state index in [-0.39, 0.29) is 23.4 Å². The number of carbonyl (C=O) groups excluding carboxylic acids is 1. The van der Waals surface area contributed by atoms with E-state index in [1.807, 2.05) is 11.8 Å². The number of hydrogen-bond acceptors (Lipinski definition) is 7. The third-order valence-corrected chi connectivity index (χ3v) is 8.81. The normalized spacial score (nSPS) is 16.2. The number of carbonyl (C=O) groups is 1. The molecular weight excluding hydrogens is 559 g/mol. The molecule has 2 N–H and O–H groups in total. The highest BCUT2D eigenvalue weighted by atomic mass is 35.5. The Labute approximate surface area is 237 Å². The highest BCUT2D eigenvalue weighted by Gasteiger charge is 2.25. The molecule has 0 spiro atoms. The van der Waals surface area contributed by atoms with Crippen molar-refractivity contribution in [3.63, 3.8) is 0 Å². The molecule has 1 atom stereocenters. The summed E-state index contributed by atoms with van der Waals surface area (Å²) in [4.78, 5) is 23.7. The van der Waals surface area contributed by atoms with Crippen LogP contribution in [0.15, 0.2) is 66.0 Å². The van der Waals surface area contributed by atoms with E-state index in [1.165, 1.54) is 16.5 Å². The topological polar surface area (TPSA) is 109 Å². The minimum Gasteiger partial charge on any atom is -0.376 e. The number of amides is 1. The number of likely N-dealkylation sites (tertiary alicyclic amines) is 1. The molecule has 0 radical (unpaired) electrons. The third-order valence-electron chi connectivity index (χ3n) is 6.70. The Balaban J connectivity index is 1.31. The highest BCUT2D eigenvalue weighted by Crippen LogP contribution is 2.27. The molecule has 204 valence electrons. The molecule has 1 fully saturated rings. The fourth-order valence-corrected chi connectivity index (χ4v) is 6.51. The maximum atomic E-state index is 13.3. The van der Waals surface area contributed by atoms with Gasteiger partial charge in [0.15, 0.2) is 5.65 Å². The van der Waals surface area contributed by atoms with Crippen molar-refractivity contribution in [3.8, 4) is 0 Å². The predicted molar refractivity (Wildman–Crippen MR) is 154 cm³/mol. The van der Waals surface area contributed by atoms with Gasteiger partial charge >= 0.3 is 0 Å². The van der Waals surface area contributed by atoms with Gasteiger partial charge in [-0.25, -0.2) is 22.4 Å². The van der Waals surface area contributed by atoms with Gasteiger partial charge in [-0.2, -0.15) is 0 Å². The first kappa shape index (κ1) is 27.2. The van der Waals surface area contributed by atoms with Gasteiger partial charge in [0.2, 0.25) is 5.91 Å². The van der Waals surface area contributed by atoms with Crippen LogP contribution in [0.2, 0.25) is 10.0 Å². The van der Waals surface area contributed by atoms with Gasteiger partial charge in [0.1, 0.15) is 12.1 Å². The molecule has 4 aromatic rings. The van der Waals surface area contributed by atoms with Crippen LogP contribution in [0.4, 0.5) is 11.5 Å². The number of nitrogens with zero attached hydrogens (tertiary/aromatic N) is 4. The van der Waals surface area contributed by atoms with Crippen molar-refractivity contribution in [2.45, 2.75) is 37.1 Å². The van der Waals surface area contributed by atoms with Crippen molar-refractivity contribution in [2.24, 2.45) is 0 Å². The van der Waals surface area contributed by atoms with Crippen LogP contribution in [0.25, 0.3) is 11.0 Å². The zero-order valence-electron chi connectivity index (χ0n) is 21.3. The fourth-order valence-electron chi connectivity index (χ4n) is 4.69. The summed E-state index contributed by atoms with van der Waals surface area (Å²) in [5.41, 5.74) is 1.94. The lowest BCUT2D eigenvalue weighted by Gasteiger charge is -2.26. The SMILES string of the molecule is Cc1ccc(S(=O)(=O)n2ccc3c(N[C@H]4CCCCN(C(=O)CNc5cc(Cl)cc(Cl)c5)C4)ncnc32)cc1. The first-order valence-electron chi connectivity index (χ1n) is 12.6. The van der Waals surface area contributed by atoms with Crippen molar-refractivity contribution >= 4 is 61.7 Å². The lowest BCUT2D eigenvalue weighted by Crippen LogP contribution is -2.42. The molecule has 12 heteroatoms. The van der Waals surface area contributed by atoms with E-state index in [2.05, 4.69) is 20.6 Å². The summed E-state index contributed by atoms with van der Waals surface area (Å²) in [6, 6.07) is 13.4. The molecule has 3 heterocycles. The molecule has 39 heavy (non-hydrogen) atoms. The Hall–Kier alpha value is -3.34. The molecule has 2 aromatic heterocycles. The number of anilines is 2. The summed E-state index contributed by atoms with van der Waals surface area (Å²) >= 11 is 12.1. The summed E-state index contributed by atoms with van der Waals surface area (Å²) in [7, 11) is -3.83. The molecule has 1 saturated heterocycles. The van der Waals surface area contributed by atoms with Crippen molar-refractivity contribution in [1.29, 1.82) is 0 Å². The van der Waals surface area contributed by atoms with Crippen LogP contribution >= 0.6 is 23.2 Å². The summed E-state index contributed by atoms with van der Waals surface area (Å²) in [6.45, 7) is 3.16. The molecule has 0 aliphatic carbocycles. The van der Waals surface area contributed by atoms with Gasteiger partial charge in [-0.1, -0.05) is 40.9 Å². The summed E-state index contributed by atoms with van der Waals surface area (Å²) in [5, 5.41) is 8.13. The minimum atomic E-state index is -3.83. The summed E-state index contributed by atoms with van der Waals surface area (Å²) in [5.74, 6) is 0.492. The van der Waals surface area contributed by atoms with Crippen LogP contribution in [0.5, 0.6) is 0 Å². The van der Waals surface area contributed by atoms with E-state index in [0.29, 0.717) is 45.7 Å². The monoisotopic (exact) mass is 586 g/mol. The van der Waals surface area contributed by atoms with Crippen molar-refractivity contribution in [3.05, 3.63) is 76.7 Å². The zero-order valence-corrected chi connectivity index (χ0v) is 23.6. The average molecular weight is 588 g/mol. The minimum absolute atomic E-state index is 0.0389. The van der Waals surface area contributed by atoms with Gasteiger partial charge in [0.05, 0.1) is 16.8 Å². The Morgan fingerprint density at radius 1 is 1.05 bits per heavy atom. The molecule has 0 bridgehead atoms. The second kappa shape index (κ2) is 11.4. The third kappa shape index (κ3) is 6.13. The number of aryl methyl sites for hydroxylation is 1. The van der Waals surface area contributed by atoms with Crippen LogP contribution in [-0.2, 0) is 14.8 Å². The quantitative estimate of drug-likeness (QED) is 0.306. The van der Waals surface area contributed by atoms with E-state index >= 15 is 0 Å². The van der Waals surface area contributed by atoms with E-state index in [9.17, 15) is 13.2 Å². The Kier molecular flexibility index (Phi) is 7.97. The molecule has 1 aliphatic rings. The zero-order chi connectivity index (χ0) is 27.6. The number of halogens is 2. The van der Waals surface area contributed by atoms with Gasteiger partial charge in [-0.05, 0) is 62.6 Å². The van der Waals surface area contributed by atoms with E-state index in [1.54, 1.807) is 48.5 Å². The predicted octanol–water partition coefficient (Wildman–Crippen LogP) is 5.19. The van der Waals surface area contributed by atoms with Crippen LogP contribution in [0.1, 0.15) is 24.8 Å². The maximum absolute atomic E-state index is 13.3. The Morgan fingerprint density at radius 3 is 2.54 bits per heavy atom. The lowest BCUT2D eigenvalue weighted by atomic mass is 10.1. The summed E-state index contributed by atoms with van der Waals surface area (Å²) < 4.78 is 27.8. The standard InChI is InChI=1S/C27H28Cl2N6O3S/c1-18-5-7-23(8-6-18)39(37,38)35-11-9-24-26(31-17-32-27(24)35)33-21-4-2-3-10-34(16-21)25(36)15-30-22-13-19(28)12-20(29)14-22/h5-9,11-14,17,21,30H,2-4,10,15-16H2,1H3,(H,31,32,33)/t21-/m0/s1. The van der Waals surface area contributed by atoms with Crippen LogP contribution in [0, 0.1) is 6.92 Å². The Bertz CT molecular complexity index is 1590. The first-order chi connectivity index (χ1) is 18.7. The molecule has 2 aromatic carbocycles. The number of aromatic nitrogens is 3.